The minimum Gasteiger partial charge on any atom is -0.456 e. The maximum Gasteiger partial charge on any atom is 0.300 e. The van der Waals surface area contributed by atoms with Crippen LogP contribution in [-0.4, -0.2) is 10.9 Å². The van der Waals surface area contributed by atoms with Gasteiger partial charge in [0.2, 0.25) is 0 Å². The number of aromatic nitrogens is 1. The number of hydrogen-bond donors (Lipinski definition) is 2. The third-order valence-electron chi connectivity index (χ3n) is 2.32. The van der Waals surface area contributed by atoms with Gasteiger partial charge in [-0.2, -0.15) is 0 Å². The third-order valence-corrected chi connectivity index (χ3v) is 3.21. The van der Waals surface area contributed by atoms with Crippen LogP contribution >= 0.6 is 11.8 Å². The van der Waals surface area contributed by atoms with Crippen molar-refractivity contribution in [1.29, 1.82) is 0 Å². The zero-order valence-corrected chi connectivity index (χ0v) is 10.8. The number of rotatable bonds is 4. The SMILES string of the molecule is Cc1coc(SCc2cc(C(=O)NN)oc2C)n1. The highest BCUT2D eigenvalue weighted by Crippen LogP contribution is 2.25. The second-order valence-corrected chi connectivity index (χ2v) is 4.64. The first kappa shape index (κ1) is 12.7. The largest absolute Gasteiger partial charge is 0.456 e. The van der Waals surface area contributed by atoms with Crippen molar-refractivity contribution in [1.82, 2.24) is 10.4 Å². The molecule has 7 heteroatoms. The van der Waals surface area contributed by atoms with E-state index in [1.165, 1.54) is 11.8 Å². The fourth-order valence-corrected chi connectivity index (χ4v) is 2.27. The number of amides is 1. The highest BCUT2D eigenvalue weighted by Gasteiger charge is 2.14. The average molecular weight is 267 g/mol. The van der Waals surface area contributed by atoms with Crippen LogP contribution in [0.15, 0.2) is 26.4 Å². The van der Waals surface area contributed by atoms with E-state index in [0.29, 0.717) is 16.7 Å². The predicted octanol–water partition coefficient (Wildman–Crippen LogP) is 1.78. The van der Waals surface area contributed by atoms with Gasteiger partial charge in [0.15, 0.2) is 5.76 Å². The highest BCUT2D eigenvalue weighted by molar-refractivity contribution is 7.98. The van der Waals surface area contributed by atoms with Gasteiger partial charge in [-0.3, -0.25) is 10.2 Å². The maximum absolute atomic E-state index is 11.3. The van der Waals surface area contributed by atoms with Crippen molar-refractivity contribution in [3.8, 4) is 0 Å². The molecule has 2 aromatic rings. The van der Waals surface area contributed by atoms with Gasteiger partial charge in [-0.05, 0) is 19.9 Å². The lowest BCUT2D eigenvalue weighted by molar-refractivity contribution is 0.0924. The van der Waals surface area contributed by atoms with Crippen LogP contribution in [0.4, 0.5) is 0 Å². The first-order valence-corrected chi connectivity index (χ1v) is 6.24. The lowest BCUT2D eigenvalue weighted by Crippen LogP contribution is -2.29. The number of nitrogen functional groups attached to an aromatic ring is 1. The Labute approximate surface area is 108 Å². The number of aryl methyl sites for hydroxylation is 2. The van der Waals surface area contributed by atoms with Gasteiger partial charge in [-0.1, -0.05) is 11.8 Å². The summed E-state index contributed by atoms with van der Waals surface area (Å²) in [5, 5.41) is 0.595. The van der Waals surface area contributed by atoms with E-state index in [0.717, 1.165) is 11.3 Å². The number of nitrogens with one attached hydrogen (secondary N) is 1. The van der Waals surface area contributed by atoms with Crippen molar-refractivity contribution in [2.75, 3.05) is 0 Å². The van der Waals surface area contributed by atoms with Gasteiger partial charge in [-0.15, -0.1) is 0 Å². The first-order valence-electron chi connectivity index (χ1n) is 5.25. The lowest BCUT2D eigenvalue weighted by atomic mass is 10.3. The molecule has 2 heterocycles. The Bertz CT molecular complexity index is 562. The summed E-state index contributed by atoms with van der Waals surface area (Å²) in [4.78, 5) is 15.5. The molecule has 0 unspecified atom stereocenters. The van der Waals surface area contributed by atoms with Gasteiger partial charge < -0.3 is 8.83 Å². The Morgan fingerprint density at radius 2 is 2.33 bits per heavy atom. The summed E-state index contributed by atoms with van der Waals surface area (Å²) in [5.74, 6) is 6.10. The fraction of sp³-hybridized carbons (Fsp3) is 0.273. The van der Waals surface area contributed by atoms with Crippen LogP contribution in [0.3, 0.4) is 0 Å². The number of hydrogen-bond acceptors (Lipinski definition) is 6. The molecule has 18 heavy (non-hydrogen) atoms. The molecule has 2 rings (SSSR count). The fourth-order valence-electron chi connectivity index (χ4n) is 1.38. The van der Waals surface area contributed by atoms with Crippen LogP contribution in [0.1, 0.15) is 27.6 Å². The van der Waals surface area contributed by atoms with Crippen molar-refractivity contribution in [3.63, 3.8) is 0 Å². The van der Waals surface area contributed by atoms with Crippen molar-refractivity contribution in [2.24, 2.45) is 5.84 Å². The van der Waals surface area contributed by atoms with Gasteiger partial charge in [0, 0.05) is 11.3 Å². The normalized spacial score (nSPS) is 10.6. The Hall–Kier alpha value is -1.73. The molecule has 0 spiro atoms. The van der Waals surface area contributed by atoms with Crippen LogP contribution in [0.5, 0.6) is 0 Å². The number of oxazole rings is 1. The predicted molar refractivity (Wildman–Crippen MR) is 65.9 cm³/mol. The minimum absolute atomic E-state index is 0.203. The van der Waals surface area contributed by atoms with Gasteiger partial charge in [0.05, 0.1) is 5.69 Å². The summed E-state index contributed by atoms with van der Waals surface area (Å²) in [6.07, 6.45) is 1.60. The van der Waals surface area contributed by atoms with Gasteiger partial charge in [-0.25, -0.2) is 10.8 Å². The van der Waals surface area contributed by atoms with Gasteiger partial charge >= 0.3 is 5.91 Å². The van der Waals surface area contributed by atoms with E-state index in [2.05, 4.69) is 4.98 Å². The molecule has 2 aromatic heterocycles. The topological polar surface area (TPSA) is 94.3 Å². The molecule has 0 radical (unpaired) electrons. The molecule has 96 valence electrons. The van der Waals surface area contributed by atoms with Crippen molar-refractivity contribution < 1.29 is 13.6 Å². The van der Waals surface area contributed by atoms with Crippen molar-refractivity contribution >= 4 is 17.7 Å². The Morgan fingerprint density at radius 1 is 1.56 bits per heavy atom. The molecule has 0 aliphatic heterocycles. The Morgan fingerprint density at radius 3 is 2.94 bits per heavy atom. The summed E-state index contributed by atoms with van der Waals surface area (Å²) in [7, 11) is 0. The quantitative estimate of drug-likeness (QED) is 0.379. The van der Waals surface area contributed by atoms with Crippen LogP contribution < -0.4 is 11.3 Å². The molecule has 3 N–H and O–H groups in total. The standard InChI is InChI=1S/C11H13N3O3S/c1-6-4-16-11(13-6)18-5-8-3-9(10(15)14-12)17-7(8)2/h3-4H,5,12H2,1-2H3,(H,14,15). The molecule has 0 aromatic carbocycles. The molecule has 1 amide bonds. The molecule has 0 atom stereocenters. The van der Waals surface area contributed by atoms with Crippen LogP contribution in [0.25, 0.3) is 0 Å². The van der Waals surface area contributed by atoms with Crippen molar-refractivity contribution in [3.05, 3.63) is 35.1 Å². The Kier molecular flexibility index (Phi) is 3.73. The molecule has 0 saturated carbocycles. The lowest BCUT2D eigenvalue weighted by Gasteiger charge is -1.94. The second-order valence-electron chi connectivity index (χ2n) is 3.71. The zero-order chi connectivity index (χ0) is 13.1. The zero-order valence-electron chi connectivity index (χ0n) is 10.0. The van der Waals surface area contributed by atoms with Crippen LogP contribution in [0, 0.1) is 13.8 Å². The van der Waals surface area contributed by atoms with E-state index in [1.807, 2.05) is 12.3 Å². The van der Waals surface area contributed by atoms with Gasteiger partial charge in [0.1, 0.15) is 12.0 Å². The first-order chi connectivity index (χ1) is 8.60. The Balaban J connectivity index is 2.05. The molecule has 0 bridgehead atoms. The summed E-state index contributed by atoms with van der Waals surface area (Å²) >= 11 is 1.44. The van der Waals surface area contributed by atoms with Crippen LogP contribution in [0.2, 0.25) is 0 Å². The molecule has 0 aliphatic rings. The molecule has 6 nitrogen and oxygen atoms in total. The average Bonchev–Trinajstić information content (AvgIpc) is 2.92. The second kappa shape index (κ2) is 5.28. The van der Waals surface area contributed by atoms with E-state index in [4.69, 9.17) is 14.7 Å². The molecular formula is C11H13N3O3S. The number of nitrogens with zero attached hydrogens (tertiary/aromatic N) is 1. The monoisotopic (exact) mass is 267 g/mol. The number of carbonyl (C=O) groups excluding carboxylic acids is 1. The number of hydrazine groups is 1. The van der Waals surface area contributed by atoms with E-state index in [1.54, 1.807) is 19.3 Å². The van der Waals surface area contributed by atoms with E-state index < -0.39 is 5.91 Å². The van der Waals surface area contributed by atoms with Gasteiger partial charge in [0.25, 0.3) is 5.22 Å². The number of furan rings is 1. The molecule has 0 saturated heterocycles. The number of carbonyl (C=O) groups is 1. The summed E-state index contributed by atoms with van der Waals surface area (Å²) in [6, 6.07) is 1.67. The van der Waals surface area contributed by atoms with Crippen molar-refractivity contribution in [2.45, 2.75) is 24.8 Å². The summed E-state index contributed by atoms with van der Waals surface area (Å²) in [5.41, 5.74) is 3.78. The molecule has 0 fully saturated rings. The number of thioether (sulfide) groups is 1. The van der Waals surface area contributed by atoms with E-state index >= 15 is 0 Å². The molecular weight excluding hydrogens is 254 g/mol. The maximum atomic E-state index is 11.3. The minimum atomic E-state index is -0.443. The summed E-state index contributed by atoms with van der Waals surface area (Å²) in [6.45, 7) is 3.66. The number of nitrogens with two attached hydrogens (primary N) is 1. The smallest absolute Gasteiger partial charge is 0.300 e. The molecule has 0 aliphatic carbocycles. The van der Waals surface area contributed by atoms with Crippen LogP contribution in [-0.2, 0) is 5.75 Å². The highest BCUT2D eigenvalue weighted by atomic mass is 32.2. The third kappa shape index (κ3) is 2.74. The summed E-state index contributed by atoms with van der Waals surface area (Å²) < 4.78 is 10.5. The van der Waals surface area contributed by atoms with E-state index in [9.17, 15) is 4.79 Å². The van der Waals surface area contributed by atoms with E-state index in [-0.39, 0.29) is 5.76 Å².